The van der Waals surface area contributed by atoms with Crippen LogP contribution in [0.4, 0.5) is 21.0 Å². The smallest absolute Gasteiger partial charge is 0.338 e. The van der Waals surface area contributed by atoms with Crippen molar-refractivity contribution in [2.75, 3.05) is 17.2 Å². The summed E-state index contributed by atoms with van der Waals surface area (Å²) in [6.45, 7) is 7.83. The van der Waals surface area contributed by atoms with Crippen molar-refractivity contribution in [1.29, 1.82) is 0 Å². The number of unbranched alkanes of at least 4 members (excludes halogenated alkanes) is 1. The summed E-state index contributed by atoms with van der Waals surface area (Å²) < 4.78 is 5.50. The van der Waals surface area contributed by atoms with Gasteiger partial charge in [-0.05, 0) is 63.1 Å². The van der Waals surface area contributed by atoms with E-state index in [2.05, 4.69) is 16.0 Å². The monoisotopic (exact) mass is 532 g/mol. The van der Waals surface area contributed by atoms with Crippen LogP contribution in [0.5, 0.6) is 0 Å². The SMILES string of the molecule is CCCCN1C(=O)NC(c2cccc(NC(=O)Nc3ccc(Cl)cc3Cl)c2)C(C(=O)OC(C)C)=C1C. The second kappa shape index (κ2) is 12.1. The fraction of sp³-hybridized carbons (Fsp3) is 0.346. The highest BCUT2D eigenvalue weighted by atomic mass is 35.5. The van der Waals surface area contributed by atoms with E-state index >= 15 is 0 Å². The average molecular weight is 533 g/mol. The van der Waals surface area contributed by atoms with Crippen LogP contribution >= 0.6 is 23.2 Å². The van der Waals surface area contributed by atoms with Gasteiger partial charge in [0.05, 0.1) is 28.4 Å². The van der Waals surface area contributed by atoms with Crippen LogP contribution in [0.15, 0.2) is 53.7 Å². The molecule has 1 unspecified atom stereocenters. The normalized spacial score (nSPS) is 15.6. The minimum absolute atomic E-state index is 0.291. The van der Waals surface area contributed by atoms with Gasteiger partial charge in [0, 0.05) is 23.0 Å². The molecule has 0 spiro atoms. The van der Waals surface area contributed by atoms with Crippen molar-refractivity contribution in [2.24, 2.45) is 0 Å². The second-order valence-electron chi connectivity index (χ2n) is 8.67. The maximum atomic E-state index is 13.1. The van der Waals surface area contributed by atoms with Gasteiger partial charge in [0.1, 0.15) is 0 Å². The molecule has 8 nitrogen and oxygen atoms in total. The summed E-state index contributed by atoms with van der Waals surface area (Å²) in [5, 5.41) is 9.11. The van der Waals surface area contributed by atoms with Crippen LogP contribution in [-0.4, -0.2) is 35.6 Å². The van der Waals surface area contributed by atoms with E-state index in [1.54, 1.807) is 62.1 Å². The lowest BCUT2D eigenvalue weighted by Crippen LogP contribution is -2.48. The number of amides is 4. The second-order valence-corrected chi connectivity index (χ2v) is 9.51. The van der Waals surface area contributed by atoms with Crippen molar-refractivity contribution in [3.8, 4) is 0 Å². The number of hydrogen-bond donors (Lipinski definition) is 3. The Hall–Kier alpha value is -3.23. The molecule has 2 aromatic rings. The zero-order valence-corrected chi connectivity index (χ0v) is 22.2. The molecule has 0 fully saturated rings. The van der Waals surface area contributed by atoms with E-state index in [4.69, 9.17) is 27.9 Å². The summed E-state index contributed by atoms with van der Waals surface area (Å²) in [5.74, 6) is -0.498. The Morgan fingerprint density at radius 1 is 1.14 bits per heavy atom. The molecule has 0 saturated carbocycles. The van der Waals surface area contributed by atoms with Crippen LogP contribution in [0.25, 0.3) is 0 Å². The van der Waals surface area contributed by atoms with Crippen LogP contribution in [0, 0.1) is 0 Å². The number of nitrogens with zero attached hydrogens (tertiary/aromatic N) is 1. The van der Waals surface area contributed by atoms with Crippen LogP contribution in [0.1, 0.15) is 52.1 Å². The number of benzene rings is 2. The van der Waals surface area contributed by atoms with Crippen molar-refractivity contribution < 1.29 is 19.1 Å². The van der Waals surface area contributed by atoms with E-state index in [1.165, 1.54) is 6.07 Å². The lowest BCUT2D eigenvalue weighted by molar-refractivity contribution is -0.143. The summed E-state index contributed by atoms with van der Waals surface area (Å²) in [4.78, 5) is 40.2. The molecule has 1 aliphatic rings. The third kappa shape index (κ3) is 6.71. The maximum absolute atomic E-state index is 13.1. The van der Waals surface area contributed by atoms with E-state index in [0.717, 1.165) is 12.8 Å². The molecule has 0 saturated heterocycles. The number of hydrogen-bond acceptors (Lipinski definition) is 4. The molecule has 3 N–H and O–H groups in total. The van der Waals surface area contributed by atoms with Gasteiger partial charge < -0.3 is 20.7 Å². The number of urea groups is 2. The number of rotatable bonds is 8. The molecular formula is C26H30Cl2N4O4. The van der Waals surface area contributed by atoms with Crippen molar-refractivity contribution in [2.45, 2.75) is 52.7 Å². The fourth-order valence-corrected chi connectivity index (χ4v) is 4.29. The number of esters is 1. The predicted octanol–water partition coefficient (Wildman–Crippen LogP) is 6.73. The molecule has 1 heterocycles. The number of ether oxygens (including phenoxy) is 1. The number of allylic oxidation sites excluding steroid dienone is 1. The maximum Gasteiger partial charge on any atom is 0.338 e. The van der Waals surface area contributed by atoms with E-state index < -0.39 is 18.0 Å². The average Bonchev–Trinajstić information content (AvgIpc) is 2.80. The van der Waals surface area contributed by atoms with E-state index in [0.29, 0.717) is 44.8 Å². The molecule has 192 valence electrons. The summed E-state index contributed by atoms with van der Waals surface area (Å²) in [6.07, 6.45) is 1.38. The number of halogens is 2. The molecule has 10 heteroatoms. The summed E-state index contributed by atoms with van der Waals surface area (Å²) in [5.41, 5.74) is 2.40. The molecule has 1 aliphatic heterocycles. The van der Waals surface area contributed by atoms with Gasteiger partial charge in [-0.2, -0.15) is 0 Å². The van der Waals surface area contributed by atoms with Crippen LogP contribution in [0.2, 0.25) is 10.0 Å². The quantitative estimate of drug-likeness (QED) is 0.328. The Morgan fingerprint density at radius 2 is 1.89 bits per heavy atom. The zero-order valence-electron chi connectivity index (χ0n) is 20.7. The standard InChI is InChI=1S/C26H30Cl2N4O4/c1-5-6-12-32-16(4)22(24(33)36-15(2)3)23(31-26(32)35)17-8-7-9-19(13-17)29-25(34)30-21-11-10-18(27)14-20(21)28/h7-11,13-15,23H,5-6,12H2,1-4H3,(H,31,35)(H2,29,30,34). The van der Waals surface area contributed by atoms with Crippen molar-refractivity contribution in [3.05, 3.63) is 69.3 Å². The van der Waals surface area contributed by atoms with Crippen molar-refractivity contribution in [3.63, 3.8) is 0 Å². The predicted molar refractivity (Wildman–Crippen MR) is 142 cm³/mol. The highest BCUT2D eigenvalue weighted by Gasteiger charge is 2.36. The van der Waals surface area contributed by atoms with Crippen molar-refractivity contribution >= 4 is 52.6 Å². The molecule has 2 aromatic carbocycles. The molecular weight excluding hydrogens is 503 g/mol. The highest BCUT2D eigenvalue weighted by Crippen LogP contribution is 2.33. The molecule has 36 heavy (non-hydrogen) atoms. The molecule has 0 aromatic heterocycles. The first-order valence-corrected chi connectivity index (χ1v) is 12.5. The van der Waals surface area contributed by atoms with Gasteiger partial charge in [-0.25, -0.2) is 14.4 Å². The molecule has 4 amide bonds. The third-order valence-corrected chi connectivity index (χ3v) is 6.10. The molecule has 0 bridgehead atoms. The number of carbonyl (C=O) groups excluding carboxylic acids is 3. The van der Waals surface area contributed by atoms with Gasteiger partial charge in [-0.15, -0.1) is 0 Å². The third-order valence-electron chi connectivity index (χ3n) is 5.55. The lowest BCUT2D eigenvalue weighted by Gasteiger charge is -2.35. The van der Waals surface area contributed by atoms with E-state index in [9.17, 15) is 14.4 Å². The van der Waals surface area contributed by atoms with Gasteiger partial charge in [-0.3, -0.25) is 4.90 Å². The Balaban J connectivity index is 1.88. The zero-order chi connectivity index (χ0) is 26.4. The van der Waals surface area contributed by atoms with Crippen LogP contribution in [-0.2, 0) is 9.53 Å². The number of nitrogens with one attached hydrogen (secondary N) is 3. The van der Waals surface area contributed by atoms with E-state index in [1.807, 2.05) is 6.92 Å². The lowest BCUT2D eigenvalue weighted by atomic mass is 9.94. The van der Waals surface area contributed by atoms with Crippen LogP contribution < -0.4 is 16.0 Å². The van der Waals surface area contributed by atoms with Crippen LogP contribution in [0.3, 0.4) is 0 Å². The largest absolute Gasteiger partial charge is 0.459 e. The van der Waals surface area contributed by atoms with E-state index in [-0.39, 0.29) is 12.1 Å². The van der Waals surface area contributed by atoms with Crippen molar-refractivity contribution in [1.82, 2.24) is 10.2 Å². The van der Waals surface area contributed by atoms with Gasteiger partial charge in [-0.1, -0.05) is 48.7 Å². The Morgan fingerprint density at radius 3 is 2.56 bits per heavy atom. The highest BCUT2D eigenvalue weighted by molar-refractivity contribution is 6.36. The van der Waals surface area contributed by atoms with Gasteiger partial charge in [0.25, 0.3) is 0 Å². The minimum atomic E-state index is -0.739. The molecule has 0 aliphatic carbocycles. The minimum Gasteiger partial charge on any atom is -0.459 e. The molecule has 3 rings (SSSR count). The first-order valence-electron chi connectivity index (χ1n) is 11.7. The van der Waals surface area contributed by atoms with Gasteiger partial charge >= 0.3 is 18.0 Å². The Kier molecular flexibility index (Phi) is 9.23. The summed E-state index contributed by atoms with van der Waals surface area (Å²) in [7, 11) is 0. The summed E-state index contributed by atoms with van der Waals surface area (Å²) in [6, 6.07) is 10.1. The molecule has 0 radical (unpaired) electrons. The topological polar surface area (TPSA) is 99.8 Å². The van der Waals surface area contributed by atoms with Gasteiger partial charge in [0.15, 0.2) is 0 Å². The number of anilines is 2. The van der Waals surface area contributed by atoms with Gasteiger partial charge in [0.2, 0.25) is 0 Å². The first kappa shape index (κ1) is 27.4. The number of carbonyl (C=O) groups is 3. The molecule has 1 atom stereocenters. The first-order chi connectivity index (χ1) is 17.1. The Bertz CT molecular complexity index is 1180. The fourth-order valence-electron chi connectivity index (χ4n) is 3.83. The summed E-state index contributed by atoms with van der Waals surface area (Å²) >= 11 is 12.0. The Labute approximate surface area is 221 Å².